The van der Waals surface area contributed by atoms with E-state index in [0.717, 1.165) is 12.8 Å². The number of carbonyl (C=O) groups excluding carboxylic acids is 1. The van der Waals surface area contributed by atoms with Crippen LogP contribution < -0.4 is 5.73 Å². The molecular weight excluding hydrogens is 194 g/mol. The summed E-state index contributed by atoms with van der Waals surface area (Å²) in [4.78, 5) is 11.0. The number of hydrogen-bond acceptors (Lipinski definition) is 3. The summed E-state index contributed by atoms with van der Waals surface area (Å²) in [6.07, 6.45) is 3.58. The van der Waals surface area contributed by atoms with Crippen molar-refractivity contribution in [1.29, 1.82) is 0 Å². The first-order valence-electron chi connectivity index (χ1n) is 5.36. The van der Waals surface area contributed by atoms with E-state index >= 15 is 0 Å². The van der Waals surface area contributed by atoms with Crippen molar-refractivity contribution in [2.45, 2.75) is 26.7 Å². The van der Waals surface area contributed by atoms with E-state index in [0.29, 0.717) is 25.4 Å². The first-order chi connectivity index (χ1) is 7.22. The lowest BCUT2D eigenvalue weighted by Crippen LogP contribution is -2.19. The number of amides is 1. The van der Waals surface area contributed by atoms with E-state index in [1.54, 1.807) is 6.08 Å². The third kappa shape index (κ3) is 8.15. The van der Waals surface area contributed by atoms with Crippen LogP contribution in [0.3, 0.4) is 0 Å². The zero-order valence-electron chi connectivity index (χ0n) is 9.62. The largest absolute Gasteiger partial charge is 0.377 e. The van der Waals surface area contributed by atoms with Gasteiger partial charge in [-0.05, 0) is 18.9 Å². The van der Waals surface area contributed by atoms with Crippen molar-refractivity contribution in [2.75, 3.05) is 26.4 Å². The van der Waals surface area contributed by atoms with Gasteiger partial charge in [-0.25, -0.2) is 0 Å². The molecule has 88 valence electrons. The highest BCUT2D eigenvalue weighted by Gasteiger charge is 2.03. The lowest BCUT2D eigenvalue weighted by Gasteiger charge is -2.05. The quantitative estimate of drug-likeness (QED) is 0.465. The summed E-state index contributed by atoms with van der Waals surface area (Å²) in [6, 6.07) is 0. The number of carbonyl (C=O) groups is 1. The molecule has 1 amide bonds. The second kappa shape index (κ2) is 9.68. The van der Waals surface area contributed by atoms with Crippen LogP contribution in [0.15, 0.2) is 11.6 Å². The molecule has 0 aliphatic heterocycles. The van der Waals surface area contributed by atoms with Crippen molar-refractivity contribution >= 4 is 5.91 Å². The molecule has 0 bridgehead atoms. The molecule has 4 heteroatoms. The third-order valence-electron chi connectivity index (χ3n) is 1.72. The lowest BCUT2D eigenvalue weighted by molar-refractivity contribution is -0.115. The fourth-order valence-electron chi connectivity index (χ4n) is 0.944. The molecule has 0 aromatic heterocycles. The molecular formula is C11H21NO3. The molecule has 0 spiro atoms. The van der Waals surface area contributed by atoms with Crippen molar-refractivity contribution < 1.29 is 14.3 Å². The topological polar surface area (TPSA) is 61.6 Å². The minimum atomic E-state index is -0.439. The fourth-order valence-corrected chi connectivity index (χ4v) is 0.944. The lowest BCUT2D eigenvalue weighted by atomic mass is 10.2. The molecule has 0 fully saturated rings. The smallest absolute Gasteiger partial charge is 0.246 e. The summed E-state index contributed by atoms with van der Waals surface area (Å²) in [5.74, 6) is -0.439. The van der Waals surface area contributed by atoms with Gasteiger partial charge in [-0.1, -0.05) is 13.8 Å². The number of ether oxygens (including phenoxy) is 2. The predicted octanol–water partition coefficient (Wildman–Crippen LogP) is 1.25. The van der Waals surface area contributed by atoms with Crippen molar-refractivity contribution in [2.24, 2.45) is 5.73 Å². The Labute approximate surface area is 91.4 Å². The van der Waals surface area contributed by atoms with Gasteiger partial charge in [0.25, 0.3) is 0 Å². The Morgan fingerprint density at radius 2 is 1.80 bits per heavy atom. The fraction of sp³-hybridized carbons (Fsp3) is 0.727. The summed E-state index contributed by atoms with van der Waals surface area (Å²) >= 11 is 0. The summed E-state index contributed by atoms with van der Waals surface area (Å²) in [7, 11) is 0. The minimum absolute atomic E-state index is 0.276. The van der Waals surface area contributed by atoms with Gasteiger partial charge in [0.05, 0.1) is 13.2 Å². The maximum absolute atomic E-state index is 11.0. The third-order valence-corrected chi connectivity index (χ3v) is 1.72. The highest BCUT2D eigenvalue weighted by atomic mass is 16.5. The SMILES string of the molecule is CCCOCC=C(COCCC)C(N)=O. The van der Waals surface area contributed by atoms with Crippen LogP contribution in [0.2, 0.25) is 0 Å². The van der Waals surface area contributed by atoms with Crippen LogP contribution in [0, 0.1) is 0 Å². The molecule has 0 atom stereocenters. The van der Waals surface area contributed by atoms with Gasteiger partial charge in [0.15, 0.2) is 0 Å². The van der Waals surface area contributed by atoms with E-state index in [2.05, 4.69) is 0 Å². The van der Waals surface area contributed by atoms with Gasteiger partial charge in [0.2, 0.25) is 5.91 Å². The zero-order chi connectivity index (χ0) is 11.5. The number of rotatable bonds is 9. The van der Waals surface area contributed by atoms with Crippen LogP contribution in [0.5, 0.6) is 0 Å². The van der Waals surface area contributed by atoms with Crippen LogP contribution in [0.25, 0.3) is 0 Å². The summed E-state index contributed by atoms with van der Waals surface area (Å²) in [5, 5.41) is 0. The molecule has 15 heavy (non-hydrogen) atoms. The summed E-state index contributed by atoms with van der Waals surface area (Å²) in [6.45, 7) is 6.07. The molecule has 0 heterocycles. The van der Waals surface area contributed by atoms with E-state index in [-0.39, 0.29) is 6.61 Å². The maximum atomic E-state index is 11.0. The Balaban J connectivity index is 3.85. The Morgan fingerprint density at radius 3 is 2.33 bits per heavy atom. The van der Waals surface area contributed by atoms with E-state index < -0.39 is 5.91 Å². The summed E-state index contributed by atoms with van der Waals surface area (Å²) < 4.78 is 10.5. The summed E-state index contributed by atoms with van der Waals surface area (Å²) in [5.41, 5.74) is 5.68. The minimum Gasteiger partial charge on any atom is -0.377 e. The van der Waals surface area contributed by atoms with Gasteiger partial charge < -0.3 is 15.2 Å². The Hall–Kier alpha value is -0.870. The number of nitrogens with two attached hydrogens (primary N) is 1. The van der Waals surface area contributed by atoms with Crippen LogP contribution in [0.4, 0.5) is 0 Å². The highest BCUT2D eigenvalue weighted by Crippen LogP contribution is 1.96. The first-order valence-corrected chi connectivity index (χ1v) is 5.36. The molecule has 2 N–H and O–H groups in total. The maximum Gasteiger partial charge on any atom is 0.246 e. The molecule has 0 aromatic carbocycles. The zero-order valence-corrected chi connectivity index (χ0v) is 9.62. The van der Waals surface area contributed by atoms with Crippen LogP contribution >= 0.6 is 0 Å². The van der Waals surface area contributed by atoms with Crippen molar-refractivity contribution in [3.05, 3.63) is 11.6 Å². The van der Waals surface area contributed by atoms with Gasteiger partial charge in [0, 0.05) is 18.8 Å². The standard InChI is InChI=1S/C11H21NO3/c1-3-6-14-8-5-10(11(12)13)9-15-7-4-2/h5H,3-4,6-9H2,1-2H3,(H2,12,13). The molecule has 0 radical (unpaired) electrons. The van der Waals surface area contributed by atoms with Crippen molar-refractivity contribution in [3.63, 3.8) is 0 Å². The predicted molar refractivity (Wildman–Crippen MR) is 59.5 cm³/mol. The molecule has 0 unspecified atom stereocenters. The van der Waals surface area contributed by atoms with Gasteiger partial charge in [-0.2, -0.15) is 0 Å². The van der Waals surface area contributed by atoms with Crippen LogP contribution in [0.1, 0.15) is 26.7 Å². The van der Waals surface area contributed by atoms with E-state index in [4.69, 9.17) is 15.2 Å². The van der Waals surface area contributed by atoms with Gasteiger partial charge in [0.1, 0.15) is 0 Å². The number of hydrogen-bond donors (Lipinski definition) is 1. The van der Waals surface area contributed by atoms with E-state index in [1.807, 2.05) is 13.8 Å². The number of primary amides is 1. The normalized spacial score (nSPS) is 11.7. The van der Waals surface area contributed by atoms with Crippen molar-refractivity contribution in [1.82, 2.24) is 0 Å². The molecule has 0 rings (SSSR count). The van der Waals surface area contributed by atoms with E-state index in [1.165, 1.54) is 0 Å². The molecule has 0 saturated carbocycles. The molecule has 0 aliphatic carbocycles. The van der Waals surface area contributed by atoms with E-state index in [9.17, 15) is 4.79 Å². The Morgan fingerprint density at radius 1 is 1.20 bits per heavy atom. The van der Waals surface area contributed by atoms with Crippen LogP contribution in [-0.4, -0.2) is 32.3 Å². The van der Waals surface area contributed by atoms with Crippen LogP contribution in [-0.2, 0) is 14.3 Å². The van der Waals surface area contributed by atoms with Gasteiger partial charge in [-0.15, -0.1) is 0 Å². The van der Waals surface area contributed by atoms with Crippen molar-refractivity contribution in [3.8, 4) is 0 Å². The average molecular weight is 215 g/mol. The Bertz CT molecular complexity index is 202. The first kappa shape index (κ1) is 14.1. The monoisotopic (exact) mass is 215 g/mol. The van der Waals surface area contributed by atoms with Gasteiger partial charge in [-0.3, -0.25) is 4.79 Å². The second-order valence-electron chi connectivity index (χ2n) is 3.22. The molecule has 4 nitrogen and oxygen atoms in total. The Kier molecular flexibility index (Phi) is 9.11. The molecule has 0 aromatic rings. The van der Waals surface area contributed by atoms with Gasteiger partial charge >= 0.3 is 0 Å². The molecule has 0 aliphatic rings. The molecule has 0 saturated heterocycles. The average Bonchev–Trinajstić information content (AvgIpc) is 2.21. The highest BCUT2D eigenvalue weighted by molar-refractivity contribution is 5.92. The second-order valence-corrected chi connectivity index (χ2v) is 3.22.